The van der Waals surface area contributed by atoms with Gasteiger partial charge in [-0.25, -0.2) is 0 Å². The second kappa shape index (κ2) is 4.05. The fourth-order valence-corrected chi connectivity index (χ4v) is 5.59. The normalized spacial score (nSPS) is 41.0. The van der Waals surface area contributed by atoms with Gasteiger partial charge >= 0.3 is 0 Å². The molecule has 22 heavy (non-hydrogen) atoms. The Morgan fingerprint density at radius 2 is 2.41 bits per heavy atom. The second-order valence-corrected chi connectivity index (χ2v) is 7.18. The number of methoxy groups -OCH3 is 1. The van der Waals surface area contributed by atoms with Gasteiger partial charge in [0.15, 0.2) is 23.4 Å². The van der Waals surface area contributed by atoms with E-state index < -0.39 is 13.1 Å². The van der Waals surface area contributed by atoms with E-state index in [2.05, 4.69) is 11.9 Å². The standard InChI is InChI=1S/C18H21NO3/c1-19-8-7-18-11-4-5-13(20)17(18)22-16-14(21-2)6-3-10(15(16)18)9-12(11)19/h3,6,11-12,17H,4-5,7-9H2,1-2H3/t11?,12-,17+,18+/m1/s1/i2D3. The number of carbonyl (C=O) groups is 1. The van der Waals surface area contributed by atoms with Crippen molar-refractivity contribution in [1.29, 1.82) is 0 Å². The molecular weight excluding hydrogens is 278 g/mol. The van der Waals surface area contributed by atoms with Gasteiger partial charge in [0.2, 0.25) is 0 Å². The van der Waals surface area contributed by atoms with Crippen LogP contribution in [0.5, 0.6) is 11.5 Å². The Bertz CT molecular complexity index is 778. The van der Waals surface area contributed by atoms with Crippen LogP contribution in [0, 0.1) is 5.92 Å². The van der Waals surface area contributed by atoms with Crippen molar-refractivity contribution in [3.63, 3.8) is 0 Å². The molecule has 5 rings (SSSR count). The molecule has 0 radical (unpaired) electrons. The van der Waals surface area contributed by atoms with Crippen molar-refractivity contribution in [2.45, 2.75) is 43.2 Å². The molecular formula is C18H21NO3. The van der Waals surface area contributed by atoms with Gasteiger partial charge in [-0.05, 0) is 50.4 Å². The first-order chi connectivity index (χ1) is 11.8. The van der Waals surface area contributed by atoms with Crippen molar-refractivity contribution in [3.8, 4) is 11.5 Å². The second-order valence-electron chi connectivity index (χ2n) is 7.18. The highest BCUT2D eigenvalue weighted by Gasteiger charge is 2.65. The molecule has 2 aliphatic carbocycles. The van der Waals surface area contributed by atoms with Crippen LogP contribution < -0.4 is 9.47 Å². The third kappa shape index (κ3) is 1.27. The number of ether oxygens (including phenoxy) is 2. The Morgan fingerprint density at radius 1 is 1.50 bits per heavy atom. The van der Waals surface area contributed by atoms with E-state index in [-0.39, 0.29) is 16.9 Å². The number of likely N-dealkylation sites (N-methyl/N-ethyl adjacent to an activating group) is 1. The van der Waals surface area contributed by atoms with Crippen LogP contribution in [0.4, 0.5) is 0 Å². The quantitative estimate of drug-likeness (QED) is 0.794. The first-order valence-corrected chi connectivity index (χ1v) is 8.06. The molecule has 4 atom stereocenters. The van der Waals surface area contributed by atoms with Gasteiger partial charge in [-0.1, -0.05) is 6.07 Å². The molecule has 0 amide bonds. The molecule has 1 aromatic carbocycles. The van der Waals surface area contributed by atoms with Crippen LogP contribution in [0.1, 0.15) is 34.5 Å². The molecule has 2 aliphatic heterocycles. The van der Waals surface area contributed by atoms with Crippen LogP contribution in [0.15, 0.2) is 12.1 Å². The SMILES string of the molecule is [2H]C([2H])([2H])Oc1ccc2c3c1O[C@H]1C(=O)CCC4[C@@H](C2)N(C)CC[C@@]341. The Morgan fingerprint density at radius 3 is 3.27 bits per heavy atom. The van der Waals surface area contributed by atoms with E-state index in [1.165, 1.54) is 5.56 Å². The molecule has 2 heterocycles. The van der Waals surface area contributed by atoms with Gasteiger partial charge in [0.05, 0.1) is 11.2 Å². The van der Waals surface area contributed by atoms with Crippen molar-refractivity contribution in [2.75, 3.05) is 20.6 Å². The Kier molecular flexibility index (Phi) is 1.89. The zero-order valence-electron chi connectivity index (χ0n) is 15.6. The maximum atomic E-state index is 12.7. The summed E-state index contributed by atoms with van der Waals surface area (Å²) in [5.41, 5.74) is 1.93. The van der Waals surface area contributed by atoms with Gasteiger partial charge in [-0.3, -0.25) is 4.79 Å². The molecule has 1 unspecified atom stereocenters. The van der Waals surface area contributed by atoms with Crippen LogP contribution in [-0.4, -0.2) is 43.5 Å². The number of carbonyl (C=O) groups excluding carboxylic acids is 1. The van der Waals surface area contributed by atoms with Crippen molar-refractivity contribution in [1.82, 2.24) is 4.90 Å². The van der Waals surface area contributed by atoms with Crippen LogP contribution >= 0.6 is 0 Å². The Labute approximate surface area is 134 Å². The zero-order valence-corrected chi connectivity index (χ0v) is 12.6. The van der Waals surface area contributed by atoms with E-state index in [0.717, 1.165) is 31.4 Å². The fraction of sp³-hybridized carbons (Fsp3) is 0.611. The summed E-state index contributed by atoms with van der Waals surface area (Å²) < 4.78 is 33.6. The maximum Gasteiger partial charge on any atom is 0.174 e. The van der Waals surface area contributed by atoms with E-state index in [1.54, 1.807) is 6.07 Å². The lowest BCUT2D eigenvalue weighted by molar-refractivity contribution is -0.138. The lowest BCUT2D eigenvalue weighted by Gasteiger charge is -2.57. The zero-order chi connectivity index (χ0) is 17.6. The summed E-state index contributed by atoms with van der Waals surface area (Å²) in [6.07, 6.45) is 2.73. The van der Waals surface area contributed by atoms with Gasteiger partial charge in [0.1, 0.15) is 0 Å². The van der Waals surface area contributed by atoms with Gasteiger partial charge in [-0.2, -0.15) is 0 Å². The third-order valence-electron chi connectivity index (χ3n) is 6.48. The first kappa shape index (κ1) is 10.3. The van der Waals surface area contributed by atoms with Gasteiger partial charge in [0.25, 0.3) is 0 Å². The van der Waals surface area contributed by atoms with Crippen LogP contribution in [0.3, 0.4) is 0 Å². The van der Waals surface area contributed by atoms with Crippen molar-refractivity contribution in [3.05, 3.63) is 23.3 Å². The van der Waals surface area contributed by atoms with Crippen molar-refractivity contribution in [2.24, 2.45) is 5.92 Å². The molecule has 116 valence electrons. The number of likely N-dealkylation sites (tertiary alicyclic amines) is 1. The maximum absolute atomic E-state index is 12.7. The molecule has 1 spiro atoms. The molecule has 0 aromatic heterocycles. The summed E-state index contributed by atoms with van der Waals surface area (Å²) in [7, 11) is -0.371. The minimum atomic E-state index is -2.53. The summed E-state index contributed by atoms with van der Waals surface area (Å²) in [6, 6.07) is 4.07. The van der Waals surface area contributed by atoms with Gasteiger partial charge in [-0.15, -0.1) is 0 Å². The summed E-state index contributed by atoms with van der Waals surface area (Å²) >= 11 is 0. The van der Waals surface area contributed by atoms with Crippen LogP contribution in [-0.2, 0) is 16.6 Å². The lowest BCUT2D eigenvalue weighted by Crippen LogP contribution is -2.65. The molecule has 2 fully saturated rings. The number of benzene rings is 1. The number of nitrogens with zero attached hydrogens (tertiary/aromatic N) is 1. The van der Waals surface area contributed by atoms with Crippen molar-refractivity contribution < 1.29 is 18.4 Å². The molecule has 1 saturated heterocycles. The smallest absolute Gasteiger partial charge is 0.174 e. The van der Waals surface area contributed by atoms with E-state index >= 15 is 0 Å². The molecule has 1 saturated carbocycles. The first-order valence-electron chi connectivity index (χ1n) is 9.56. The summed E-state index contributed by atoms with van der Waals surface area (Å²) in [5.74, 6) is 1.27. The largest absolute Gasteiger partial charge is 0.493 e. The van der Waals surface area contributed by atoms with E-state index in [4.69, 9.17) is 13.6 Å². The van der Waals surface area contributed by atoms with E-state index in [9.17, 15) is 4.79 Å². The fourth-order valence-electron chi connectivity index (χ4n) is 5.59. The number of Topliss-reactive ketones (excluding diaryl/α,β-unsaturated/α-hetero) is 1. The highest BCUT2D eigenvalue weighted by Crippen LogP contribution is 2.62. The lowest BCUT2D eigenvalue weighted by atomic mass is 9.52. The monoisotopic (exact) mass is 302 g/mol. The summed E-state index contributed by atoms with van der Waals surface area (Å²) in [4.78, 5) is 15.1. The predicted molar refractivity (Wildman–Crippen MR) is 81.6 cm³/mol. The van der Waals surface area contributed by atoms with E-state index in [1.807, 2.05) is 6.07 Å². The predicted octanol–water partition coefficient (Wildman–Crippen LogP) is 1.93. The minimum Gasteiger partial charge on any atom is -0.493 e. The number of hydrogen-bond acceptors (Lipinski definition) is 4. The van der Waals surface area contributed by atoms with Crippen molar-refractivity contribution >= 4 is 5.78 Å². The third-order valence-corrected chi connectivity index (χ3v) is 6.48. The summed E-state index contributed by atoms with van der Waals surface area (Å²) in [5, 5.41) is 0. The molecule has 2 bridgehead atoms. The average molecular weight is 302 g/mol. The molecule has 4 aliphatic rings. The number of ketones is 1. The number of rotatable bonds is 1. The molecule has 1 aromatic rings. The van der Waals surface area contributed by atoms with Crippen LogP contribution in [0.2, 0.25) is 0 Å². The topological polar surface area (TPSA) is 38.8 Å². The molecule has 4 nitrogen and oxygen atoms in total. The van der Waals surface area contributed by atoms with E-state index in [0.29, 0.717) is 24.1 Å². The van der Waals surface area contributed by atoms with Gasteiger partial charge in [0, 0.05) is 23.4 Å². The molecule has 4 heteroatoms. The minimum absolute atomic E-state index is 0.142. The van der Waals surface area contributed by atoms with Crippen LogP contribution in [0.25, 0.3) is 0 Å². The Hall–Kier alpha value is -1.55. The Balaban J connectivity index is 1.73. The number of piperidine rings is 1. The highest BCUT2D eigenvalue weighted by atomic mass is 16.5. The van der Waals surface area contributed by atoms with Gasteiger partial charge < -0.3 is 14.4 Å². The highest BCUT2D eigenvalue weighted by molar-refractivity contribution is 5.89. The molecule has 0 N–H and O–H groups in total. The average Bonchev–Trinajstić information content (AvgIpc) is 2.88. The summed E-state index contributed by atoms with van der Waals surface area (Å²) in [6.45, 7) is 0.928. The number of hydrogen-bond donors (Lipinski definition) is 0.